The standard InChI is InChI=1S/C20H24FN3O3.HI/c1-22-20(24-9-10-26-18-5-3-2-4-6-18)23-8-7-15-11-17(21)12-16-13-25-14-27-19(15)16;/h2-6,11-12H,7-10,13-14H2,1H3,(H2,22,23,24);1H. The van der Waals surface area contributed by atoms with Crippen LogP contribution in [0.5, 0.6) is 11.5 Å². The zero-order valence-electron chi connectivity index (χ0n) is 15.7. The number of hydrogen-bond donors (Lipinski definition) is 2. The van der Waals surface area contributed by atoms with Crippen LogP contribution in [0.15, 0.2) is 47.5 Å². The number of guanidine groups is 1. The molecule has 0 amide bonds. The molecule has 1 heterocycles. The van der Waals surface area contributed by atoms with Gasteiger partial charge in [0.15, 0.2) is 12.8 Å². The second kappa shape index (κ2) is 11.7. The van der Waals surface area contributed by atoms with Crippen LogP contribution in [0.4, 0.5) is 4.39 Å². The summed E-state index contributed by atoms with van der Waals surface area (Å²) in [5.41, 5.74) is 1.57. The van der Waals surface area contributed by atoms with Crippen LogP contribution in [-0.2, 0) is 17.8 Å². The van der Waals surface area contributed by atoms with Crippen molar-refractivity contribution in [1.82, 2.24) is 10.6 Å². The molecule has 0 fully saturated rings. The fourth-order valence-electron chi connectivity index (χ4n) is 2.83. The van der Waals surface area contributed by atoms with Crippen LogP contribution >= 0.6 is 24.0 Å². The highest BCUT2D eigenvalue weighted by molar-refractivity contribution is 14.0. The first-order valence-electron chi connectivity index (χ1n) is 8.90. The van der Waals surface area contributed by atoms with E-state index in [0.717, 1.165) is 22.6 Å². The average Bonchev–Trinajstić information content (AvgIpc) is 2.70. The molecule has 2 aromatic carbocycles. The summed E-state index contributed by atoms with van der Waals surface area (Å²) in [7, 11) is 1.71. The Bertz CT molecular complexity index is 775. The van der Waals surface area contributed by atoms with Gasteiger partial charge in [-0.05, 0) is 36.2 Å². The van der Waals surface area contributed by atoms with Crippen molar-refractivity contribution in [2.45, 2.75) is 13.0 Å². The minimum atomic E-state index is -0.279. The fourth-order valence-corrected chi connectivity index (χ4v) is 2.83. The third kappa shape index (κ3) is 6.52. The van der Waals surface area contributed by atoms with Gasteiger partial charge < -0.3 is 24.8 Å². The van der Waals surface area contributed by atoms with Crippen molar-refractivity contribution in [1.29, 1.82) is 0 Å². The number of aliphatic imine (C=N–C) groups is 1. The lowest BCUT2D eigenvalue weighted by Gasteiger charge is -2.21. The first-order chi connectivity index (χ1) is 13.3. The molecule has 0 spiro atoms. The van der Waals surface area contributed by atoms with Crippen LogP contribution in [0.25, 0.3) is 0 Å². The van der Waals surface area contributed by atoms with Gasteiger partial charge in [0, 0.05) is 19.2 Å². The molecular formula is C20H25FIN3O3. The summed E-state index contributed by atoms with van der Waals surface area (Å²) in [6, 6.07) is 12.6. The Hall–Kier alpha value is -2.07. The highest BCUT2D eigenvalue weighted by Gasteiger charge is 2.16. The van der Waals surface area contributed by atoms with Crippen LogP contribution in [-0.4, -0.2) is 39.5 Å². The summed E-state index contributed by atoms with van der Waals surface area (Å²) >= 11 is 0. The summed E-state index contributed by atoms with van der Waals surface area (Å²) in [5, 5.41) is 6.41. The quantitative estimate of drug-likeness (QED) is 0.264. The van der Waals surface area contributed by atoms with Crippen molar-refractivity contribution >= 4 is 29.9 Å². The van der Waals surface area contributed by atoms with E-state index in [2.05, 4.69) is 15.6 Å². The van der Waals surface area contributed by atoms with Gasteiger partial charge in [0.1, 0.15) is 23.9 Å². The van der Waals surface area contributed by atoms with Gasteiger partial charge in [-0.3, -0.25) is 4.99 Å². The van der Waals surface area contributed by atoms with Crippen LogP contribution in [0.3, 0.4) is 0 Å². The number of halogens is 2. The van der Waals surface area contributed by atoms with E-state index in [9.17, 15) is 4.39 Å². The highest BCUT2D eigenvalue weighted by Crippen LogP contribution is 2.29. The van der Waals surface area contributed by atoms with Crippen molar-refractivity contribution in [2.75, 3.05) is 33.5 Å². The summed E-state index contributed by atoms with van der Waals surface area (Å²) < 4.78 is 30.1. The van der Waals surface area contributed by atoms with Crippen molar-refractivity contribution in [3.63, 3.8) is 0 Å². The van der Waals surface area contributed by atoms with Crippen molar-refractivity contribution in [3.8, 4) is 11.5 Å². The molecule has 0 bridgehead atoms. The van der Waals surface area contributed by atoms with E-state index in [0.29, 0.717) is 38.7 Å². The van der Waals surface area contributed by atoms with E-state index >= 15 is 0 Å². The van der Waals surface area contributed by atoms with Gasteiger partial charge in [-0.2, -0.15) is 0 Å². The lowest BCUT2D eigenvalue weighted by atomic mass is 10.1. The molecule has 6 nitrogen and oxygen atoms in total. The topological polar surface area (TPSA) is 64.1 Å². The Morgan fingerprint density at radius 1 is 1.18 bits per heavy atom. The van der Waals surface area contributed by atoms with E-state index < -0.39 is 0 Å². The Morgan fingerprint density at radius 2 is 1.96 bits per heavy atom. The maximum absolute atomic E-state index is 13.8. The molecule has 0 aliphatic carbocycles. The number of rotatable bonds is 7. The number of benzene rings is 2. The molecule has 2 aromatic rings. The smallest absolute Gasteiger partial charge is 0.191 e. The maximum Gasteiger partial charge on any atom is 0.191 e. The van der Waals surface area contributed by atoms with E-state index in [4.69, 9.17) is 14.2 Å². The highest BCUT2D eigenvalue weighted by atomic mass is 127. The molecule has 2 N–H and O–H groups in total. The lowest BCUT2D eigenvalue weighted by molar-refractivity contribution is -0.0172. The van der Waals surface area contributed by atoms with Gasteiger partial charge >= 0.3 is 0 Å². The first kappa shape index (κ1) is 22.2. The molecule has 0 saturated heterocycles. The van der Waals surface area contributed by atoms with Crippen molar-refractivity contribution in [3.05, 3.63) is 59.4 Å². The molecule has 3 rings (SSSR count). The van der Waals surface area contributed by atoms with Gasteiger partial charge in [0.2, 0.25) is 0 Å². The van der Waals surface area contributed by atoms with E-state index in [1.54, 1.807) is 7.05 Å². The van der Waals surface area contributed by atoms with Crippen molar-refractivity contribution < 1.29 is 18.6 Å². The lowest BCUT2D eigenvalue weighted by Crippen LogP contribution is -2.40. The van der Waals surface area contributed by atoms with Gasteiger partial charge in [-0.15, -0.1) is 24.0 Å². The molecular weight excluding hydrogens is 476 g/mol. The van der Waals surface area contributed by atoms with E-state index in [1.165, 1.54) is 12.1 Å². The third-order valence-electron chi connectivity index (χ3n) is 4.07. The maximum atomic E-state index is 13.8. The third-order valence-corrected chi connectivity index (χ3v) is 4.07. The molecule has 0 atom stereocenters. The van der Waals surface area contributed by atoms with Crippen LogP contribution in [0.1, 0.15) is 11.1 Å². The normalized spacial score (nSPS) is 13.0. The second-order valence-electron chi connectivity index (χ2n) is 6.00. The molecule has 0 aromatic heterocycles. The summed E-state index contributed by atoms with van der Waals surface area (Å²) in [5.74, 6) is 1.95. The molecule has 152 valence electrons. The number of para-hydroxylation sites is 1. The number of ether oxygens (including phenoxy) is 3. The van der Waals surface area contributed by atoms with Gasteiger partial charge in [-0.25, -0.2) is 4.39 Å². The molecule has 28 heavy (non-hydrogen) atoms. The minimum Gasteiger partial charge on any atom is -0.492 e. The Kier molecular flexibility index (Phi) is 9.29. The fraction of sp³-hybridized carbons (Fsp3) is 0.350. The summed E-state index contributed by atoms with van der Waals surface area (Å²) in [4.78, 5) is 4.18. The molecule has 0 saturated carbocycles. The van der Waals surface area contributed by atoms with Crippen LogP contribution in [0.2, 0.25) is 0 Å². The zero-order valence-corrected chi connectivity index (χ0v) is 18.1. The predicted molar refractivity (Wildman–Crippen MR) is 117 cm³/mol. The largest absolute Gasteiger partial charge is 0.492 e. The molecule has 1 aliphatic heterocycles. The Morgan fingerprint density at radius 3 is 2.75 bits per heavy atom. The summed E-state index contributed by atoms with van der Waals surface area (Å²) in [6.07, 6.45) is 0.612. The van der Waals surface area contributed by atoms with Gasteiger partial charge in [0.25, 0.3) is 0 Å². The van der Waals surface area contributed by atoms with Crippen LogP contribution < -0.4 is 20.1 Å². The average molecular weight is 501 g/mol. The summed E-state index contributed by atoms with van der Waals surface area (Å²) in [6.45, 7) is 2.31. The predicted octanol–water partition coefficient (Wildman–Crippen LogP) is 3.10. The van der Waals surface area contributed by atoms with E-state index in [-0.39, 0.29) is 36.6 Å². The molecule has 0 radical (unpaired) electrons. The van der Waals surface area contributed by atoms with Crippen LogP contribution in [0, 0.1) is 5.82 Å². The van der Waals surface area contributed by atoms with Crippen molar-refractivity contribution in [2.24, 2.45) is 4.99 Å². The number of fused-ring (bicyclic) bond motifs is 1. The number of nitrogens with zero attached hydrogens (tertiary/aromatic N) is 1. The number of nitrogens with one attached hydrogen (secondary N) is 2. The Balaban J connectivity index is 0.00000280. The molecule has 8 heteroatoms. The van der Waals surface area contributed by atoms with Gasteiger partial charge in [0.05, 0.1) is 13.2 Å². The molecule has 0 unspecified atom stereocenters. The first-order valence-corrected chi connectivity index (χ1v) is 8.90. The van der Waals surface area contributed by atoms with Gasteiger partial charge in [-0.1, -0.05) is 18.2 Å². The Labute approximate surface area is 181 Å². The molecule has 1 aliphatic rings. The minimum absolute atomic E-state index is 0. The second-order valence-corrected chi connectivity index (χ2v) is 6.00. The monoisotopic (exact) mass is 501 g/mol. The SMILES string of the molecule is CN=C(NCCOc1ccccc1)NCCc1cc(F)cc2c1OCOC2.I. The number of hydrogen-bond acceptors (Lipinski definition) is 4. The van der Waals surface area contributed by atoms with E-state index in [1.807, 2.05) is 30.3 Å². The zero-order chi connectivity index (χ0) is 18.9.